The first-order chi connectivity index (χ1) is 7.20. The number of aliphatic imine (C=N–C) groups is 1. The topological polar surface area (TPSA) is 38.4 Å². The summed E-state index contributed by atoms with van der Waals surface area (Å²) in [7, 11) is 0. The van der Waals surface area contributed by atoms with Gasteiger partial charge in [0.15, 0.2) is 0 Å². The summed E-state index contributed by atoms with van der Waals surface area (Å²) < 4.78 is 0. The first-order valence-electron chi connectivity index (χ1n) is 5.55. The van der Waals surface area contributed by atoms with E-state index in [9.17, 15) is 0 Å². The van der Waals surface area contributed by atoms with Crippen LogP contribution in [0.5, 0.6) is 0 Å². The van der Waals surface area contributed by atoms with Crippen LogP contribution in [0.4, 0.5) is 0 Å². The van der Waals surface area contributed by atoms with Crippen molar-refractivity contribution in [3.8, 4) is 0 Å². The number of hydrogen-bond acceptors (Lipinski definition) is 1. The highest BCUT2D eigenvalue weighted by atomic mass is 14.8. The first kappa shape index (κ1) is 11.8. The number of rotatable bonds is 5. The zero-order valence-corrected chi connectivity index (χ0v) is 9.61. The highest BCUT2D eigenvalue weighted by molar-refractivity contribution is 5.97. The summed E-state index contributed by atoms with van der Waals surface area (Å²) in [5, 5.41) is 0. The van der Waals surface area contributed by atoms with Crippen LogP contribution in [0.3, 0.4) is 0 Å². The third-order valence-electron chi connectivity index (χ3n) is 2.29. The van der Waals surface area contributed by atoms with E-state index in [0.717, 1.165) is 24.4 Å². The van der Waals surface area contributed by atoms with Crippen molar-refractivity contribution in [2.75, 3.05) is 6.54 Å². The molecule has 0 aliphatic carbocycles. The minimum Gasteiger partial charge on any atom is -0.384 e. The molecule has 0 spiro atoms. The molecule has 0 amide bonds. The Balaban J connectivity index is 2.40. The highest BCUT2D eigenvalue weighted by Gasteiger charge is 1.96. The second-order valence-electron chi connectivity index (χ2n) is 4.17. The van der Waals surface area contributed by atoms with E-state index in [1.54, 1.807) is 0 Å². The van der Waals surface area contributed by atoms with Gasteiger partial charge in [-0.2, -0.15) is 0 Å². The van der Waals surface area contributed by atoms with Crippen LogP contribution in [0, 0.1) is 5.92 Å². The summed E-state index contributed by atoms with van der Waals surface area (Å²) in [6, 6.07) is 9.91. The summed E-state index contributed by atoms with van der Waals surface area (Å²) in [4.78, 5) is 4.36. The molecule has 2 N–H and O–H groups in total. The molecule has 0 aliphatic rings. The molecule has 0 aromatic heterocycles. The van der Waals surface area contributed by atoms with Gasteiger partial charge in [-0.1, -0.05) is 44.2 Å². The predicted molar refractivity (Wildman–Crippen MR) is 66.1 cm³/mol. The molecule has 0 heterocycles. The highest BCUT2D eigenvalue weighted by Crippen LogP contribution is 2.04. The Hall–Kier alpha value is -1.31. The summed E-state index contributed by atoms with van der Waals surface area (Å²) in [5.41, 5.74) is 6.88. The molecule has 1 aromatic rings. The van der Waals surface area contributed by atoms with Crippen LogP contribution in [0.15, 0.2) is 35.3 Å². The van der Waals surface area contributed by atoms with E-state index in [0.29, 0.717) is 5.84 Å². The van der Waals surface area contributed by atoms with Crippen molar-refractivity contribution in [2.45, 2.75) is 26.7 Å². The molecule has 15 heavy (non-hydrogen) atoms. The van der Waals surface area contributed by atoms with E-state index in [4.69, 9.17) is 5.73 Å². The van der Waals surface area contributed by atoms with E-state index in [-0.39, 0.29) is 0 Å². The van der Waals surface area contributed by atoms with Crippen LogP contribution in [-0.2, 0) is 0 Å². The number of benzene rings is 1. The molecule has 2 nitrogen and oxygen atoms in total. The fourth-order valence-electron chi connectivity index (χ4n) is 1.40. The van der Waals surface area contributed by atoms with Crippen molar-refractivity contribution in [1.82, 2.24) is 0 Å². The Morgan fingerprint density at radius 1 is 1.27 bits per heavy atom. The summed E-state index contributed by atoms with van der Waals surface area (Å²) >= 11 is 0. The molecule has 0 bridgehead atoms. The van der Waals surface area contributed by atoms with Crippen molar-refractivity contribution in [2.24, 2.45) is 16.6 Å². The van der Waals surface area contributed by atoms with Crippen molar-refractivity contribution in [1.29, 1.82) is 0 Å². The third-order valence-corrected chi connectivity index (χ3v) is 2.29. The van der Waals surface area contributed by atoms with E-state index < -0.39 is 0 Å². The van der Waals surface area contributed by atoms with Gasteiger partial charge >= 0.3 is 0 Å². The van der Waals surface area contributed by atoms with Crippen molar-refractivity contribution in [3.63, 3.8) is 0 Å². The maximum absolute atomic E-state index is 5.86. The van der Waals surface area contributed by atoms with Crippen LogP contribution in [0.1, 0.15) is 32.3 Å². The standard InChI is InChI=1S/C13H20N2/c1-11(2)7-6-10-15-13(14)12-8-4-3-5-9-12/h3-5,8-9,11H,6-7,10H2,1-2H3,(H2,14,15). The molecule has 0 saturated heterocycles. The van der Waals surface area contributed by atoms with Crippen LogP contribution in [-0.4, -0.2) is 12.4 Å². The van der Waals surface area contributed by atoms with Gasteiger partial charge in [0.25, 0.3) is 0 Å². The second-order valence-corrected chi connectivity index (χ2v) is 4.17. The first-order valence-corrected chi connectivity index (χ1v) is 5.55. The summed E-state index contributed by atoms with van der Waals surface area (Å²) in [5.74, 6) is 1.40. The zero-order chi connectivity index (χ0) is 11.1. The lowest BCUT2D eigenvalue weighted by molar-refractivity contribution is 0.561. The van der Waals surface area contributed by atoms with Crippen molar-refractivity contribution >= 4 is 5.84 Å². The molecular weight excluding hydrogens is 184 g/mol. The Kier molecular flexibility index (Phi) is 4.88. The molecule has 1 rings (SSSR count). The van der Waals surface area contributed by atoms with Crippen molar-refractivity contribution < 1.29 is 0 Å². The molecule has 0 radical (unpaired) electrons. The summed E-state index contributed by atoms with van der Waals surface area (Å²) in [6.45, 7) is 5.29. The average Bonchev–Trinajstić information content (AvgIpc) is 2.25. The van der Waals surface area contributed by atoms with Gasteiger partial charge in [-0.25, -0.2) is 0 Å². The Morgan fingerprint density at radius 2 is 1.93 bits per heavy atom. The molecule has 0 saturated carbocycles. The van der Waals surface area contributed by atoms with E-state index in [1.807, 2.05) is 30.3 Å². The van der Waals surface area contributed by atoms with Crippen LogP contribution < -0.4 is 5.73 Å². The quantitative estimate of drug-likeness (QED) is 0.447. The van der Waals surface area contributed by atoms with E-state index in [1.165, 1.54) is 6.42 Å². The van der Waals surface area contributed by atoms with Gasteiger partial charge in [-0.05, 0) is 18.8 Å². The lowest BCUT2D eigenvalue weighted by atomic mass is 10.1. The smallest absolute Gasteiger partial charge is 0.125 e. The van der Waals surface area contributed by atoms with E-state index in [2.05, 4.69) is 18.8 Å². The largest absolute Gasteiger partial charge is 0.384 e. The van der Waals surface area contributed by atoms with Gasteiger partial charge in [0.1, 0.15) is 5.84 Å². The molecule has 0 unspecified atom stereocenters. The molecule has 2 heteroatoms. The van der Waals surface area contributed by atoms with Gasteiger partial charge in [0.05, 0.1) is 0 Å². The lowest BCUT2D eigenvalue weighted by Crippen LogP contribution is -2.13. The Morgan fingerprint density at radius 3 is 2.53 bits per heavy atom. The molecule has 0 aliphatic heterocycles. The van der Waals surface area contributed by atoms with Gasteiger partial charge < -0.3 is 5.73 Å². The zero-order valence-electron chi connectivity index (χ0n) is 9.61. The fraction of sp³-hybridized carbons (Fsp3) is 0.462. The van der Waals surface area contributed by atoms with E-state index >= 15 is 0 Å². The number of hydrogen-bond donors (Lipinski definition) is 1. The van der Waals surface area contributed by atoms with Crippen LogP contribution >= 0.6 is 0 Å². The van der Waals surface area contributed by atoms with Crippen molar-refractivity contribution in [3.05, 3.63) is 35.9 Å². The molecule has 82 valence electrons. The van der Waals surface area contributed by atoms with Gasteiger partial charge in [0, 0.05) is 12.1 Å². The Bertz CT molecular complexity index is 302. The molecule has 0 atom stereocenters. The third kappa shape index (κ3) is 4.63. The lowest BCUT2D eigenvalue weighted by Gasteiger charge is -2.03. The maximum atomic E-state index is 5.86. The van der Waals surface area contributed by atoms with Crippen LogP contribution in [0.2, 0.25) is 0 Å². The SMILES string of the molecule is CC(C)CCCN=C(N)c1ccccc1. The average molecular weight is 204 g/mol. The fourth-order valence-corrected chi connectivity index (χ4v) is 1.40. The normalized spacial score (nSPS) is 12.1. The van der Waals surface area contributed by atoms with Gasteiger partial charge in [-0.15, -0.1) is 0 Å². The van der Waals surface area contributed by atoms with Gasteiger partial charge in [0.2, 0.25) is 0 Å². The number of amidine groups is 1. The van der Waals surface area contributed by atoms with Crippen LogP contribution in [0.25, 0.3) is 0 Å². The number of nitrogens with zero attached hydrogens (tertiary/aromatic N) is 1. The number of nitrogens with two attached hydrogens (primary N) is 1. The molecular formula is C13H20N2. The predicted octanol–water partition coefficient (Wildman–Crippen LogP) is 2.83. The minimum absolute atomic E-state index is 0.652. The molecule has 0 fully saturated rings. The molecule has 1 aromatic carbocycles. The Labute approximate surface area is 92.2 Å². The summed E-state index contributed by atoms with van der Waals surface area (Å²) in [6.07, 6.45) is 2.33. The minimum atomic E-state index is 0.652. The second kappa shape index (κ2) is 6.23. The van der Waals surface area contributed by atoms with Gasteiger partial charge in [-0.3, -0.25) is 4.99 Å². The monoisotopic (exact) mass is 204 g/mol. The maximum Gasteiger partial charge on any atom is 0.125 e.